The van der Waals surface area contributed by atoms with Gasteiger partial charge in [0.2, 0.25) is 17.7 Å². The summed E-state index contributed by atoms with van der Waals surface area (Å²) in [6, 6.07) is -5.59. The Hall–Kier alpha value is -2.91. The van der Waals surface area contributed by atoms with E-state index in [1.165, 1.54) is 11.8 Å². The molecule has 0 aromatic rings. The predicted molar refractivity (Wildman–Crippen MR) is 122 cm³/mol. The molecular formula is C19H33N5O9S. The van der Waals surface area contributed by atoms with Gasteiger partial charge in [-0.15, -0.1) is 0 Å². The van der Waals surface area contributed by atoms with E-state index in [1.807, 2.05) is 0 Å². The third-order valence-electron chi connectivity index (χ3n) is 4.55. The standard InChI is InChI=1S/C19H33N5O9S/c1-34-7-5-11(22-16(29)10(21)8-14(25)26)17(30)24-13(9-15(27)28)18(31)23-12(19(32)33)4-2-3-6-20/h10-13H,2-9,20-21H2,1H3,(H,22,29)(H,23,31)(H,24,30)(H,25,26)(H,27,28)(H,32,33). The Kier molecular flexibility index (Phi) is 15.2. The fourth-order valence-electron chi connectivity index (χ4n) is 2.74. The van der Waals surface area contributed by atoms with Crippen LogP contribution in [-0.4, -0.2) is 93.7 Å². The molecule has 0 aliphatic rings. The van der Waals surface area contributed by atoms with Crippen LogP contribution < -0.4 is 27.4 Å². The summed E-state index contributed by atoms with van der Waals surface area (Å²) in [4.78, 5) is 70.9. The fraction of sp³-hybridized carbons (Fsp3) is 0.684. The van der Waals surface area contributed by atoms with Crippen LogP contribution in [0.15, 0.2) is 0 Å². The molecule has 10 N–H and O–H groups in total. The fourth-order valence-corrected chi connectivity index (χ4v) is 3.21. The maximum atomic E-state index is 12.8. The van der Waals surface area contributed by atoms with Crippen molar-refractivity contribution >= 4 is 47.4 Å². The van der Waals surface area contributed by atoms with Crippen molar-refractivity contribution in [2.75, 3.05) is 18.6 Å². The molecule has 0 heterocycles. The van der Waals surface area contributed by atoms with Gasteiger partial charge in [0.25, 0.3) is 0 Å². The minimum Gasteiger partial charge on any atom is -0.481 e. The van der Waals surface area contributed by atoms with Crippen molar-refractivity contribution < 1.29 is 44.1 Å². The molecule has 4 unspecified atom stereocenters. The number of carboxylic acid groups (broad SMARTS) is 3. The van der Waals surface area contributed by atoms with E-state index in [0.29, 0.717) is 25.1 Å². The van der Waals surface area contributed by atoms with Crippen LogP contribution in [0, 0.1) is 0 Å². The number of rotatable bonds is 18. The zero-order valence-corrected chi connectivity index (χ0v) is 19.6. The van der Waals surface area contributed by atoms with Crippen LogP contribution >= 0.6 is 11.8 Å². The monoisotopic (exact) mass is 507 g/mol. The van der Waals surface area contributed by atoms with E-state index < -0.39 is 72.6 Å². The predicted octanol–water partition coefficient (Wildman–Crippen LogP) is -2.32. The van der Waals surface area contributed by atoms with E-state index in [-0.39, 0.29) is 12.8 Å². The van der Waals surface area contributed by atoms with Crippen molar-refractivity contribution in [3.05, 3.63) is 0 Å². The first-order valence-electron chi connectivity index (χ1n) is 10.4. The molecule has 194 valence electrons. The molecule has 4 atom stereocenters. The van der Waals surface area contributed by atoms with Gasteiger partial charge in [-0.05, 0) is 44.2 Å². The Balaban J connectivity index is 5.44. The second-order valence-electron chi connectivity index (χ2n) is 7.39. The Morgan fingerprint density at radius 1 is 0.765 bits per heavy atom. The highest BCUT2D eigenvalue weighted by atomic mass is 32.2. The maximum Gasteiger partial charge on any atom is 0.326 e. The van der Waals surface area contributed by atoms with Crippen molar-refractivity contribution in [1.29, 1.82) is 0 Å². The smallest absolute Gasteiger partial charge is 0.326 e. The number of hydrogen-bond acceptors (Lipinski definition) is 9. The topological polar surface area (TPSA) is 251 Å². The number of nitrogens with one attached hydrogen (secondary N) is 3. The van der Waals surface area contributed by atoms with Gasteiger partial charge < -0.3 is 42.7 Å². The lowest BCUT2D eigenvalue weighted by Gasteiger charge is -2.24. The Bertz CT molecular complexity index is 737. The van der Waals surface area contributed by atoms with Crippen molar-refractivity contribution in [2.45, 2.75) is 62.7 Å². The molecule has 15 heteroatoms. The number of carbonyl (C=O) groups is 6. The minimum atomic E-state index is -1.62. The van der Waals surface area contributed by atoms with Crippen LogP contribution in [0.1, 0.15) is 38.5 Å². The average Bonchev–Trinajstić information content (AvgIpc) is 2.74. The van der Waals surface area contributed by atoms with Crippen molar-refractivity contribution in [3.8, 4) is 0 Å². The Morgan fingerprint density at radius 2 is 1.29 bits per heavy atom. The molecule has 0 bridgehead atoms. The summed E-state index contributed by atoms with van der Waals surface area (Å²) >= 11 is 1.35. The maximum absolute atomic E-state index is 12.8. The summed E-state index contributed by atoms with van der Waals surface area (Å²) in [5.74, 6) is -6.51. The van der Waals surface area contributed by atoms with Gasteiger partial charge in [0.15, 0.2) is 0 Å². The lowest BCUT2D eigenvalue weighted by atomic mass is 10.1. The number of aliphatic carboxylic acids is 3. The summed E-state index contributed by atoms with van der Waals surface area (Å²) in [7, 11) is 0. The van der Waals surface area contributed by atoms with Crippen molar-refractivity contribution in [2.24, 2.45) is 11.5 Å². The number of carboxylic acids is 3. The molecule has 0 aliphatic carbocycles. The van der Waals surface area contributed by atoms with Gasteiger partial charge in [0.1, 0.15) is 18.1 Å². The van der Waals surface area contributed by atoms with Crippen LogP contribution in [-0.2, 0) is 28.8 Å². The van der Waals surface area contributed by atoms with Crippen LogP contribution in [0.3, 0.4) is 0 Å². The zero-order valence-electron chi connectivity index (χ0n) is 18.8. The lowest BCUT2D eigenvalue weighted by molar-refractivity contribution is -0.143. The Morgan fingerprint density at radius 3 is 1.79 bits per heavy atom. The SMILES string of the molecule is CSCCC(NC(=O)C(N)CC(=O)O)C(=O)NC(CC(=O)O)C(=O)NC(CCCCN)C(=O)O. The molecule has 0 aromatic heterocycles. The van der Waals surface area contributed by atoms with Gasteiger partial charge in [-0.25, -0.2) is 4.79 Å². The number of carbonyl (C=O) groups excluding carboxylic acids is 3. The quantitative estimate of drug-likeness (QED) is 0.0910. The highest BCUT2D eigenvalue weighted by molar-refractivity contribution is 7.98. The molecule has 0 saturated heterocycles. The molecule has 3 amide bonds. The first-order chi connectivity index (χ1) is 15.9. The van der Waals surface area contributed by atoms with E-state index in [9.17, 15) is 33.9 Å². The van der Waals surface area contributed by atoms with Gasteiger partial charge in [0.05, 0.1) is 18.9 Å². The molecule has 34 heavy (non-hydrogen) atoms. The molecule has 0 spiro atoms. The second kappa shape index (κ2) is 16.7. The number of amides is 3. The van der Waals surface area contributed by atoms with Gasteiger partial charge in [-0.3, -0.25) is 24.0 Å². The summed E-state index contributed by atoms with van der Waals surface area (Å²) in [6.07, 6.45) is 1.29. The number of hydrogen-bond donors (Lipinski definition) is 8. The first kappa shape index (κ1) is 31.1. The summed E-state index contributed by atoms with van der Waals surface area (Å²) in [6.45, 7) is 0.331. The van der Waals surface area contributed by atoms with Crippen LogP contribution in [0.5, 0.6) is 0 Å². The average molecular weight is 508 g/mol. The summed E-state index contributed by atoms with van der Waals surface area (Å²) in [5.41, 5.74) is 10.9. The van der Waals surface area contributed by atoms with Gasteiger partial charge in [0, 0.05) is 0 Å². The second-order valence-corrected chi connectivity index (χ2v) is 8.38. The molecule has 0 aliphatic heterocycles. The van der Waals surface area contributed by atoms with Crippen molar-refractivity contribution in [3.63, 3.8) is 0 Å². The molecule has 14 nitrogen and oxygen atoms in total. The van der Waals surface area contributed by atoms with Crippen molar-refractivity contribution in [1.82, 2.24) is 16.0 Å². The van der Waals surface area contributed by atoms with E-state index >= 15 is 0 Å². The number of thioether (sulfide) groups is 1. The number of unbranched alkanes of at least 4 members (excludes halogenated alkanes) is 1. The first-order valence-corrected chi connectivity index (χ1v) is 11.8. The van der Waals surface area contributed by atoms with E-state index in [2.05, 4.69) is 16.0 Å². The van der Waals surface area contributed by atoms with Crippen LogP contribution in [0.25, 0.3) is 0 Å². The summed E-state index contributed by atoms with van der Waals surface area (Å²) < 4.78 is 0. The number of nitrogens with two attached hydrogens (primary N) is 2. The van der Waals surface area contributed by atoms with E-state index in [1.54, 1.807) is 6.26 Å². The molecule has 0 radical (unpaired) electrons. The van der Waals surface area contributed by atoms with Crippen LogP contribution in [0.4, 0.5) is 0 Å². The highest BCUT2D eigenvalue weighted by Gasteiger charge is 2.31. The van der Waals surface area contributed by atoms with Gasteiger partial charge in [-0.1, -0.05) is 0 Å². The summed E-state index contributed by atoms with van der Waals surface area (Å²) in [5, 5.41) is 34.0. The Labute approximate surface area is 200 Å². The molecule has 0 aromatic carbocycles. The third-order valence-corrected chi connectivity index (χ3v) is 5.19. The minimum absolute atomic E-state index is 0.0554. The molecule has 0 saturated carbocycles. The molecular weight excluding hydrogens is 474 g/mol. The molecule has 0 fully saturated rings. The largest absolute Gasteiger partial charge is 0.481 e. The van der Waals surface area contributed by atoms with Crippen LogP contribution in [0.2, 0.25) is 0 Å². The van der Waals surface area contributed by atoms with Gasteiger partial charge >= 0.3 is 17.9 Å². The highest BCUT2D eigenvalue weighted by Crippen LogP contribution is 2.06. The van der Waals surface area contributed by atoms with Gasteiger partial charge in [-0.2, -0.15) is 11.8 Å². The van der Waals surface area contributed by atoms with E-state index in [0.717, 1.165) is 0 Å². The normalized spacial score (nSPS) is 14.2. The zero-order chi connectivity index (χ0) is 26.3. The third kappa shape index (κ3) is 13.0. The van der Waals surface area contributed by atoms with E-state index in [4.69, 9.17) is 21.7 Å². The molecule has 0 rings (SSSR count). The lowest BCUT2D eigenvalue weighted by Crippen LogP contribution is -2.57.